The molecule has 2 nitrogen and oxygen atoms in total. The fourth-order valence-electron chi connectivity index (χ4n) is 1.35. The van der Waals surface area contributed by atoms with Gasteiger partial charge in [0.25, 0.3) is 0 Å². The molecule has 1 unspecified atom stereocenters. The number of halogens is 6. The summed E-state index contributed by atoms with van der Waals surface area (Å²) < 4.78 is 52.9. The average Bonchev–Trinajstić information content (AvgIpc) is 2.31. The van der Waals surface area contributed by atoms with Gasteiger partial charge in [0.1, 0.15) is 0 Å². The Labute approximate surface area is 116 Å². The van der Waals surface area contributed by atoms with Crippen molar-refractivity contribution in [3.05, 3.63) is 33.8 Å². The topological polar surface area (TPSA) is 29.5 Å². The largest absolute Gasteiger partial charge is 0.416 e. The molecule has 0 aliphatic heterocycles. The van der Waals surface area contributed by atoms with Gasteiger partial charge in [-0.1, -0.05) is 29.3 Å². The second-order valence-electron chi connectivity index (χ2n) is 3.72. The quantitative estimate of drug-likeness (QED) is 0.804. The number of hydrogen-bond acceptors (Lipinski definition) is 2. The molecule has 1 aromatic carbocycles. The smallest absolute Gasteiger partial charge is 0.396 e. The summed E-state index contributed by atoms with van der Waals surface area (Å²) in [7, 11) is 0. The minimum absolute atomic E-state index is 0.135. The van der Waals surface area contributed by atoms with Crippen molar-refractivity contribution in [2.75, 3.05) is 13.2 Å². The zero-order valence-corrected chi connectivity index (χ0v) is 10.9. The predicted molar refractivity (Wildman–Crippen MR) is 63.2 cm³/mol. The third kappa shape index (κ3) is 4.49. The van der Waals surface area contributed by atoms with Crippen molar-refractivity contribution in [1.29, 1.82) is 0 Å². The zero-order valence-electron chi connectivity index (χ0n) is 9.42. The number of benzene rings is 1. The SMILES string of the molecule is OCC(COC(F)(F)C(F)F)c1ccc(Cl)cc1Cl. The van der Waals surface area contributed by atoms with Crippen molar-refractivity contribution in [2.45, 2.75) is 18.5 Å². The highest BCUT2D eigenvalue weighted by Gasteiger charge is 2.42. The lowest BCUT2D eigenvalue weighted by atomic mass is 10.0. The number of hydrogen-bond donors (Lipinski definition) is 1. The summed E-state index contributed by atoms with van der Waals surface area (Å²) in [6.07, 6.45) is -8.50. The van der Waals surface area contributed by atoms with E-state index in [4.69, 9.17) is 28.3 Å². The highest BCUT2D eigenvalue weighted by atomic mass is 35.5. The summed E-state index contributed by atoms with van der Waals surface area (Å²) in [5.74, 6) is -0.950. The molecule has 0 saturated carbocycles. The van der Waals surface area contributed by atoms with E-state index in [2.05, 4.69) is 4.74 Å². The van der Waals surface area contributed by atoms with Gasteiger partial charge in [-0.2, -0.15) is 8.78 Å². The monoisotopic (exact) mass is 320 g/mol. The Bertz CT molecular complexity index is 429. The van der Waals surface area contributed by atoms with Crippen LogP contribution < -0.4 is 0 Å². The summed E-state index contributed by atoms with van der Waals surface area (Å²) >= 11 is 11.5. The van der Waals surface area contributed by atoms with Crippen molar-refractivity contribution >= 4 is 23.2 Å². The van der Waals surface area contributed by atoms with Gasteiger partial charge in [-0.3, -0.25) is 0 Å². The fraction of sp³-hybridized carbons (Fsp3) is 0.455. The molecule has 0 heterocycles. The second kappa shape index (κ2) is 6.74. The molecule has 1 N–H and O–H groups in total. The molecule has 0 spiro atoms. The van der Waals surface area contributed by atoms with Gasteiger partial charge in [-0.25, -0.2) is 8.78 Å². The van der Waals surface area contributed by atoms with Gasteiger partial charge in [0.2, 0.25) is 0 Å². The van der Waals surface area contributed by atoms with Crippen LogP contribution in [0.5, 0.6) is 0 Å². The van der Waals surface area contributed by atoms with Gasteiger partial charge in [0, 0.05) is 16.0 Å². The van der Waals surface area contributed by atoms with Crippen molar-refractivity contribution < 1.29 is 27.4 Å². The Morgan fingerprint density at radius 3 is 2.37 bits per heavy atom. The molecule has 1 aromatic rings. The molecule has 0 radical (unpaired) electrons. The van der Waals surface area contributed by atoms with Crippen LogP contribution in [0.25, 0.3) is 0 Å². The summed E-state index contributed by atoms with van der Waals surface area (Å²) in [4.78, 5) is 0. The molecule has 0 bridgehead atoms. The van der Waals surface area contributed by atoms with E-state index < -0.39 is 31.7 Å². The van der Waals surface area contributed by atoms with Crippen LogP contribution >= 0.6 is 23.2 Å². The Morgan fingerprint density at radius 2 is 1.89 bits per heavy atom. The first-order valence-electron chi connectivity index (χ1n) is 5.13. The molecule has 8 heteroatoms. The van der Waals surface area contributed by atoms with Crippen molar-refractivity contribution in [2.24, 2.45) is 0 Å². The lowest BCUT2D eigenvalue weighted by molar-refractivity contribution is -0.302. The Balaban J connectivity index is 2.79. The maximum atomic E-state index is 12.6. The first-order valence-corrected chi connectivity index (χ1v) is 5.89. The molecule has 0 aromatic heterocycles. The number of ether oxygens (including phenoxy) is 1. The van der Waals surface area contributed by atoms with Gasteiger partial charge in [-0.05, 0) is 17.7 Å². The molecule has 0 saturated heterocycles. The number of rotatable bonds is 6. The molecule has 1 rings (SSSR count). The van der Waals surface area contributed by atoms with E-state index in [1.807, 2.05) is 0 Å². The Kier molecular flexibility index (Phi) is 5.85. The van der Waals surface area contributed by atoms with Crippen LogP contribution in [-0.4, -0.2) is 30.9 Å². The molecule has 0 aliphatic carbocycles. The van der Waals surface area contributed by atoms with Crippen molar-refractivity contribution in [3.8, 4) is 0 Å². The van der Waals surface area contributed by atoms with Crippen molar-refractivity contribution in [1.82, 2.24) is 0 Å². The Hall–Kier alpha value is -0.560. The molecule has 0 fully saturated rings. The van der Waals surface area contributed by atoms with E-state index in [9.17, 15) is 17.6 Å². The number of aliphatic hydroxyl groups excluding tert-OH is 1. The van der Waals surface area contributed by atoms with Crippen LogP contribution in [0.4, 0.5) is 17.6 Å². The van der Waals surface area contributed by atoms with Crippen LogP contribution in [-0.2, 0) is 4.74 Å². The average molecular weight is 321 g/mol. The Morgan fingerprint density at radius 1 is 1.26 bits per heavy atom. The first-order chi connectivity index (χ1) is 8.77. The lowest BCUT2D eigenvalue weighted by Crippen LogP contribution is -2.32. The van der Waals surface area contributed by atoms with Crippen molar-refractivity contribution in [3.63, 3.8) is 0 Å². The fourth-order valence-corrected chi connectivity index (χ4v) is 1.91. The minimum Gasteiger partial charge on any atom is -0.396 e. The second-order valence-corrected chi connectivity index (χ2v) is 4.56. The van der Waals surface area contributed by atoms with Crippen LogP contribution in [0.1, 0.15) is 11.5 Å². The standard InChI is InChI=1S/C11H10Cl2F4O2/c12-7-1-2-8(9(13)3-7)6(4-18)5-19-11(16,17)10(14)15/h1-3,6,10,18H,4-5H2. The van der Waals surface area contributed by atoms with Gasteiger partial charge in [-0.15, -0.1) is 0 Å². The zero-order chi connectivity index (χ0) is 14.6. The summed E-state index contributed by atoms with van der Waals surface area (Å²) in [6.45, 7) is -1.38. The van der Waals surface area contributed by atoms with Gasteiger partial charge < -0.3 is 9.84 Å². The maximum Gasteiger partial charge on any atom is 0.416 e. The summed E-state index contributed by atoms with van der Waals surface area (Å²) in [6, 6.07) is 4.21. The maximum absolute atomic E-state index is 12.6. The van der Waals surface area contributed by atoms with E-state index in [1.165, 1.54) is 18.2 Å². The molecular weight excluding hydrogens is 311 g/mol. The first kappa shape index (κ1) is 16.5. The summed E-state index contributed by atoms with van der Waals surface area (Å²) in [5, 5.41) is 9.56. The molecule has 0 amide bonds. The minimum atomic E-state index is -4.56. The van der Waals surface area contributed by atoms with E-state index in [1.54, 1.807) is 0 Å². The lowest BCUT2D eigenvalue weighted by Gasteiger charge is -2.21. The van der Waals surface area contributed by atoms with E-state index in [0.717, 1.165) is 0 Å². The number of aliphatic hydroxyl groups is 1. The van der Waals surface area contributed by atoms with Gasteiger partial charge in [0.05, 0.1) is 13.2 Å². The highest BCUT2D eigenvalue weighted by Crippen LogP contribution is 2.30. The third-order valence-electron chi connectivity index (χ3n) is 2.35. The van der Waals surface area contributed by atoms with Gasteiger partial charge in [0.15, 0.2) is 0 Å². The predicted octanol–water partition coefficient (Wildman–Crippen LogP) is 3.94. The highest BCUT2D eigenvalue weighted by molar-refractivity contribution is 6.35. The molecule has 0 aliphatic rings. The van der Waals surface area contributed by atoms with E-state index in [0.29, 0.717) is 10.6 Å². The molecule has 108 valence electrons. The normalized spacial score (nSPS) is 13.9. The van der Waals surface area contributed by atoms with Crippen LogP contribution in [0.2, 0.25) is 10.0 Å². The third-order valence-corrected chi connectivity index (χ3v) is 2.92. The molecule has 19 heavy (non-hydrogen) atoms. The van der Waals surface area contributed by atoms with Crippen LogP contribution in [0.15, 0.2) is 18.2 Å². The van der Waals surface area contributed by atoms with E-state index >= 15 is 0 Å². The molecule has 1 atom stereocenters. The van der Waals surface area contributed by atoms with Crippen LogP contribution in [0, 0.1) is 0 Å². The molecular formula is C11H10Cl2F4O2. The number of alkyl halides is 4. The van der Waals surface area contributed by atoms with E-state index in [-0.39, 0.29) is 5.02 Å². The van der Waals surface area contributed by atoms with Crippen LogP contribution in [0.3, 0.4) is 0 Å². The van der Waals surface area contributed by atoms with Gasteiger partial charge >= 0.3 is 12.5 Å². The summed E-state index contributed by atoms with van der Waals surface area (Å²) in [5.41, 5.74) is 0.290.